The van der Waals surface area contributed by atoms with Crippen molar-refractivity contribution in [2.75, 3.05) is 0 Å². The van der Waals surface area contributed by atoms with Gasteiger partial charge in [-0.3, -0.25) is 0 Å². The van der Waals surface area contributed by atoms with Gasteiger partial charge in [-0.05, 0) is 62.0 Å². The SMILES string of the molecule is c1ccc(-c2ccc(-c3cc(-c4ccc(-c5ccc6ccccc6c5)cc4)nc(-c4ccc5ccccc5c4)n3)cc2)cc1. The molecule has 0 saturated carbocycles. The molecule has 1 heterocycles. The van der Waals surface area contributed by atoms with Crippen molar-refractivity contribution >= 4 is 21.5 Å². The van der Waals surface area contributed by atoms with Gasteiger partial charge in [0.1, 0.15) is 0 Å². The van der Waals surface area contributed by atoms with Gasteiger partial charge in [0.15, 0.2) is 5.82 Å². The van der Waals surface area contributed by atoms with E-state index >= 15 is 0 Å². The van der Waals surface area contributed by atoms with Gasteiger partial charge in [0.2, 0.25) is 0 Å². The largest absolute Gasteiger partial charge is 0.228 e. The lowest BCUT2D eigenvalue weighted by atomic mass is 9.99. The zero-order valence-corrected chi connectivity index (χ0v) is 24.1. The van der Waals surface area contributed by atoms with Crippen LogP contribution in [0.3, 0.4) is 0 Å². The lowest BCUT2D eigenvalue weighted by Crippen LogP contribution is -1.96. The summed E-state index contributed by atoms with van der Waals surface area (Å²) >= 11 is 0. The third-order valence-corrected chi connectivity index (χ3v) is 8.29. The van der Waals surface area contributed by atoms with Crippen LogP contribution in [0.5, 0.6) is 0 Å². The highest BCUT2D eigenvalue weighted by Gasteiger charge is 2.12. The van der Waals surface area contributed by atoms with Crippen LogP contribution in [-0.2, 0) is 0 Å². The number of rotatable bonds is 5. The van der Waals surface area contributed by atoms with Crippen LogP contribution in [0.1, 0.15) is 0 Å². The second-order valence-electron chi connectivity index (χ2n) is 11.1. The number of fused-ring (bicyclic) bond motifs is 2. The summed E-state index contributed by atoms with van der Waals surface area (Å²) in [6.45, 7) is 0. The third kappa shape index (κ3) is 5.04. The summed E-state index contributed by atoms with van der Waals surface area (Å²) in [6.07, 6.45) is 0. The van der Waals surface area contributed by atoms with Gasteiger partial charge in [0.25, 0.3) is 0 Å². The summed E-state index contributed by atoms with van der Waals surface area (Å²) < 4.78 is 0. The van der Waals surface area contributed by atoms with Crippen molar-refractivity contribution in [2.24, 2.45) is 0 Å². The Balaban J connectivity index is 1.21. The average molecular weight is 561 g/mol. The van der Waals surface area contributed by atoms with Gasteiger partial charge < -0.3 is 0 Å². The Labute approximate surface area is 257 Å². The van der Waals surface area contributed by atoms with Crippen LogP contribution in [0.25, 0.3) is 77.7 Å². The Kier molecular flexibility index (Phi) is 6.51. The maximum absolute atomic E-state index is 5.10. The summed E-state index contributed by atoms with van der Waals surface area (Å²) in [5, 5.41) is 4.87. The van der Waals surface area contributed by atoms with E-state index in [1.54, 1.807) is 0 Å². The van der Waals surface area contributed by atoms with E-state index in [0.717, 1.165) is 28.1 Å². The van der Waals surface area contributed by atoms with Crippen molar-refractivity contribution in [1.29, 1.82) is 0 Å². The minimum atomic E-state index is 0.717. The minimum absolute atomic E-state index is 0.717. The Bertz CT molecular complexity index is 2250. The van der Waals surface area contributed by atoms with E-state index in [-0.39, 0.29) is 0 Å². The maximum atomic E-state index is 5.10. The number of aromatic nitrogens is 2. The van der Waals surface area contributed by atoms with E-state index in [2.05, 4.69) is 164 Å². The Morgan fingerprint density at radius 3 is 1.20 bits per heavy atom. The van der Waals surface area contributed by atoms with Crippen LogP contribution in [0.4, 0.5) is 0 Å². The topological polar surface area (TPSA) is 25.8 Å². The first-order valence-corrected chi connectivity index (χ1v) is 14.9. The van der Waals surface area contributed by atoms with Gasteiger partial charge in [0.05, 0.1) is 11.4 Å². The molecule has 44 heavy (non-hydrogen) atoms. The molecule has 0 spiro atoms. The van der Waals surface area contributed by atoms with E-state index in [1.807, 2.05) is 6.07 Å². The molecular formula is C42H28N2. The molecule has 2 heteroatoms. The molecule has 0 bridgehead atoms. The number of nitrogens with zero attached hydrogens (tertiary/aromatic N) is 2. The molecule has 0 atom stereocenters. The van der Waals surface area contributed by atoms with Crippen molar-refractivity contribution in [3.63, 3.8) is 0 Å². The van der Waals surface area contributed by atoms with Crippen LogP contribution in [0.2, 0.25) is 0 Å². The van der Waals surface area contributed by atoms with E-state index < -0.39 is 0 Å². The van der Waals surface area contributed by atoms with Gasteiger partial charge >= 0.3 is 0 Å². The molecule has 0 aliphatic rings. The molecule has 0 aliphatic carbocycles. The first kappa shape index (κ1) is 25.8. The van der Waals surface area contributed by atoms with E-state index in [4.69, 9.17) is 9.97 Å². The highest BCUT2D eigenvalue weighted by Crippen LogP contribution is 2.32. The van der Waals surface area contributed by atoms with Crippen LogP contribution >= 0.6 is 0 Å². The summed E-state index contributed by atoms with van der Waals surface area (Å²) in [6, 6.07) is 59.9. The van der Waals surface area contributed by atoms with Crippen molar-refractivity contribution in [3.8, 4) is 56.2 Å². The van der Waals surface area contributed by atoms with Gasteiger partial charge in [-0.25, -0.2) is 9.97 Å². The molecule has 1 aromatic heterocycles. The standard InChI is InChI=1S/C42H28N2/c1-2-8-29(9-3-1)32-14-20-34(21-15-32)40-28-41(44-42(43-40)39-25-19-31-11-5-7-13-37(31)27-39)35-22-16-33(17-23-35)38-24-18-30-10-4-6-12-36(30)26-38/h1-28H. The maximum Gasteiger partial charge on any atom is 0.160 e. The normalized spacial score (nSPS) is 11.2. The van der Waals surface area contributed by atoms with Crippen LogP contribution < -0.4 is 0 Å². The average Bonchev–Trinajstić information content (AvgIpc) is 3.11. The molecule has 0 saturated heterocycles. The highest BCUT2D eigenvalue weighted by atomic mass is 14.9. The van der Waals surface area contributed by atoms with Crippen LogP contribution in [-0.4, -0.2) is 9.97 Å². The zero-order chi connectivity index (χ0) is 29.3. The van der Waals surface area contributed by atoms with Gasteiger partial charge in [0, 0.05) is 16.7 Å². The summed E-state index contributed by atoms with van der Waals surface area (Å²) in [7, 11) is 0. The van der Waals surface area contributed by atoms with E-state index in [9.17, 15) is 0 Å². The number of benzene rings is 7. The monoisotopic (exact) mass is 560 g/mol. The van der Waals surface area contributed by atoms with Gasteiger partial charge in [-0.15, -0.1) is 0 Å². The molecule has 7 aromatic carbocycles. The molecule has 0 unspecified atom stereocenters. The molecule has 0 amide bonds. The molecule has 0 N–H and O–H groups in total. The van der Waals surface area contributed by atoms with Crippen molar-refractivity contribution in [1.82, 2.24) is 9.97 Å². The Hall–Kier alpha value is -5.86. The predicted molar refractivity (Wildman–Crippen MR) is 184 cm³/mol. The molecule has 2 nitrogen and oxygen atoms in total. The molecule has 8 rings (SSSR count). The van der Waals surface area contributed by atoms with Crippen LogP contribution in [0.15, 0.2) is 170 Å². The summed E-state index contributed by atoms with van der Waals surface area (Å²) in [5.74, 6) is 0.717. The fourth-order valence-electron chi connectivity index (χ4n) is 5.87. The van der Waals surface area contributed by atoms with Crippen molar-refractivity contribution in [3.05, 3.63) is 170 Å². The van der Waals surface area contributed by atoms with Crippen molar-refractivity contribution < 1.29 is 0 Å². The third-order valence-electron chi connectivity index (χ3n) is 8.29. The lowest BCUT2D eigenvalue weighted by molar-refractivity contribution is 1.18. The second kappa shape index (κ2) is 11.1. The van der Waals surface area contributed by atoms with Gasteiger partial charge in [-0.2, -0.15) is 0 Å². The zero-order valence-electron chi connectivity index (χ0n) is 24.1. The van der Waals surface area contributed by atoms with Crippen molar-refractivity contribution in [2.45, 2.75) is 0 Å². The number of hydrogen-bond donors (Lipinski definition) is 0. The van der Waals surface area contributed by atoms with Gasteiger partial charge in [-0.1, -0.05) is 152 Å². The number of hydrogen-bond acceptors (Lipinski definition) is 2. The quantitative estimate of drug-likeness (QED) is 0.209. The minimum Gasteiger partial charge on any atom is -0.228 e. The molecule has 0 fully saturated rings. The molecule has 0 aliphatic heterocycles. The smallest absolute Gasteiger partial charge is 0.160 e. The Morgan fingerprint density at radius 2 is 0.636 bits per heavy atom. The molecule has 8 aromatic rings. The first-order chi connectivity index (χ1) is 21.8. The highest BCUT2D eigenvalue weighted by molar-refractivity contribution is 5.88. The fraction of sp³-hybridized carbons (Fsp3) is 0. The fourth-order valence-corrected chi connectivity index (χ4v) is 5.87. The lowest BCUT2D eigenvalue weighted by Gasteiger charge is -2.11. The molecular weight excluding hydrogens is 532 g/mol. The summed E-state index contributed by atoms with van der Waals surface area (Å²) in [4.78, 5) is 10.2. The van der Waals surface area contributed by atoms with Crippen LogP contribution in [0, 0.1) is 0 Å². The van der Waals surface area contributed by atoms with E-state index in [1.165, 1.54) is 43.8 Å². The summed E-state index contributed by atoms with van der Waals surface area (Å²) in [5.41, 5.74) is 9.68. The predicted octanol–water partition coefficient (Wildman–Crippen LogP) is 11.1. The Morgan fingerprint density at radius 1 is 0.250 bits per heavy atom. The molecule has 206 valence electrons. The van der Waals surface area contributed by atoms with E-state index in [0.29, 0.717) is 5.82 Å². The second-order valence-corrected chi connectivity index (χ2v) is 11.1. The first-order valence-electron chi connectivity index (χ1n) is 14.9. The molecule has 0 radical (unpaired) electrons.